The van der Waals surface area contributed by atoms with Crippen molar-refractivity contribution < 1.29 is 9.59 Å². The molecule has 21 heavy (non-hydrogen) atoms. The summed E-state index contributed by atoms with van der Waals surface area (Å²) in [5.41, 5.74) is -0.169. The zero-order valence-electron chi connectivity index (χ0n) is 13.8. The molecule has 0 spiro atoms. The van der Waals surface area contributed by atoms with Gasteiger partial charge in [-0.05, 0) is 65.7 Å². The van der Waals surface area contributed by atoms with E-state index in [4.69, 9.17) is 0 Å². The molecule has 0 aromatic rings. The van der Waals surface area contributed by atoms with Gasteiger partial charge in [0.05, 0.1) is 0 Å². The molecule has 0 atom stereocenters. The summed E-state index contributed by atoms with van der Waals surface area (Å²) in [4.78, 5) is 26.7. The predicted molar refractivity (Wildman–Crippen MR) is 83.8 cm³/mol. The van der Waals surface area contributed by atoms with E-state index in [0.717, 1.165) is 51.6 Å². The second kappa shape index (κ2) is 6.80. The van der Waals surface area contributed by atoms with Gasteiger partial charge >= 0.3 is 0 Å². The lowest BCUT2D eigenvalue weighted by Gasteiger charge is -2.34. The molecule has 0 unspecified atom stereocenters. The van der Waals surface area contributed by atoms with Crippen molar-refractivity contribution in [3.63, 3.8) is 0 Å². The highest BCUT2D eigenvalue weighted by atomic mass is 16.2. The van der Waals surface area contributed by atoms with Crippen LogP contribution in [0.5, 0.6) is 0 Å². The van der Waals surface area contributed by atoms with Crippen molar-refractivity contribution in [2.75, 3.05) is 13.1 Å². The third kappa shape index (κ3) is 4.72. The van der Waals surface area contributed by atoms with Gasteiger partial charge in [-0.25, -0.2) is 0 Å². The van der Waals surface area contributed by atoms with E-state index in [-0.39, 0.29) is 23.3 Å². The fourth-order valence-electron chi connectivity index (χ4n) is 3.45. The van der Waals surface area contributed by atoms with E-state index in [1.165, 1.54) is 6.42 Å². The lowest BCUT2D eigenvalue weighted by molar-refractivity contribution is -0.139. The lowest BCUT2D eigenvalue weighted by atomic mass is 9.80. The van der Waals surface area contributed by atoms with Crippen molar-refractivity contribution in [1.29, 1.82) is 0 Å². The van der Waals surface area contributed by atoms with Gasteiger partial charge in [0.15, 0.2) is 0 Å². The maximum absolute atomic E-state index is 12.5. The Morgan fingerprint density at radius 3 is 1.95 bits per heavy atom. The minimum Gasteiger partial charge on any atom is -0.351 e. The van der Waals surface area contributed by atoms with Crippen molar-refractivity contribution in [3.8, 4) is 0 Å². The highest BCUT2D eigenvalue weighted by molar-refractivity contribution is 5.81. The number of hydrogen-bond donors (Lipinski definition) is 1. The summed E-state index contributed by atoms with van der Waals surface area (Å²) in [7, 11) is 0. The van der Waals surface area contributed by atoms with Gasteiger partial charge in [-0.1, -0.05) is 0 Å². The summed E-state index contributed by atoms with van der Waals surface area (Å²) in [5.74, 6) is 0.743. The molecule has 2 aliphatic rings. The molecule has 4 nitrogen and oxygen atoms in total. The average Bonchev–Trinajstić information content (AvgIpc) is 2.46. The minimum atomic E-state index is -0.169. The second-order valence-corrected chi connectivity index (χ2v) is 7.67. The molecule has 0 bridgehead atoms. The molecule has 1 saturated heterocycles. The number of rotatable bonds is 2. The molecule has 2 rings (SSSR count). The molecule has 1 heterocycles. The first-order valence-corrected chi connectivity index (χ1v) is 8.47. The van der Waals surface area contributed by atoms with Crippen LogP contribution in [0.25, 0.3) is 0 Å². The van der Waals surface area contributed by atoms with Crippen LogP contribution in [0, 0.1) is 11.8 Å². The van der Waals surface area contributed by atoms with Crippen molar-refractivity contribution >= 4 is 11.8 Å². The van der Waals surface area contributed by atoms with Crippen molar-refractivity contribution in [2.24, 2.45) is 11.8 Å². The number of carbonyl (C=O) groups is 2. The number of likely N-dealkylation sites (tertiary alicyclic amines) is 1. The summed E-state index contributed by atoms with van der Waals surface area (Å²) >= 11 is 0. The maximum atomic E-state index is 12.5. The second-order valence-electron chi connectivity index (χ2n) is 7.67. The lowest BCUT2D eigenvalue weighted by Crippen LogP contribution is -2.46. The standard InChI is InChI=1S/C17H30N2O2/c1-17(2,3)18-15(20)13-7-9-14(10-8-13)16(21)19-11-5-4-6-12-19/h13-14H,4-12H2,1-3H3,(H,18,20). The van der Waals surface area contributed by atoms with Crippen molar-refractivity contribution in [3.05, 3.63) is 0 Å². The Morgan fingerprint density at radius 2 is 1.43 bits per heavy atom. The first-order valence-electron chi connectivity index (χ1n) is 8.47. The highest BCUT2D eigenvalue weighted by Crippen LogP contribution is 2.31. The fourth-order valence-corrected chi connectivity index (χ4v) is 3.45. The third-order valence-corrected chi connectivity index (χ3v) is 4.61. The van der Waals surface area contributed by atoms with Crippen molar-refractivity contribution in [2.45, 2.75) is 71.3 Å². The Bertz CT molecular complexity index is 373. The summed E-state index contributed by atoms with van der Waals surface area (Å²) in [6.45, 7) is 7.90. The minimum absolute atomic E-state index is 0.0923. The number of nitrogens with zero attached hydrogens (tertiary/aromatic N) is 1. The van der Waals surface area contributed by atoms with Gasteiger partial charge in [-0.3, -0.25) is 9.59 Å². The van der Waals surface area contributed by atoms with Gasteiger partial charge in [-0.15, -0.1) is 0 Å². The van der Waals surface area contributed by atoms with Crippen LogP contribution in [0.4, 0.5) is 0 Å². The summed E-state index contributed by atoms with van der Waals surface area (Å²) in [5, 5.41) is 3.06. The Morgan fingerprint density at radius 1 is 0.905 bits per heavy atom. The van der Waals surface area contributed by atoms with Gasteiger partial charge in [0, 0.05) is 30.5 Å². The van der Waals surface area contributed by atoms with Gasteiger partial charge in [0.25, 0.3) is 0 Å². The van der Waals surface area contributed by atoms with Gasteiger partial charge in [0.1, 0.15) is 0 Å². The number of piperidine rings is 1. The predicted octanol–water partition coefficient (Wildman–Crippen LogP) is 2.72. The first kappa shape index (κ1) is 16.3. The van der Waals surface area contributed by atoms with E-state index in [2.05, 4.69) is 5.32 Å². The topological polar surface area (TPSA) is 49.4 Å². The van der Waals surface area contributed by atoms with Crippen LogP contribution >= 0.6 is 0 Å². The van der Waals surface area contributed by atoms with Crippen LogP contribution < -0.4 is 5.32 Å². The number of nitrogens with one attached hydrogen (secondary N) is 1. The molecular formula is C17H30N2O2. The van der Waals surface area contributed by atoms with E-state index in [0.29, 0.717) is 5.91 Å². The van der Waals surface area contributed by atoms with Gasteiger partial charge in [-0.2, -0.15) is 0 Å². The van der Waals surface area contributed by atoms with E-state index in [1.54, 1.807) is 0 Å². The molecule has 1 aliphatic carbocycles. The summed E-state index contributed by atoms with van der Waals surface area (Å²) in [6, 6.07) is 0. The molecule has 1 aliphatic heterocycles. The Balaban J connectivity index is 1.80. The monoisotopic (exact) mass is 294 g/mol. The van der Waals surface area contributed by atoms with Gasteiger partial charge < -0.3 is 10.2 Å². The molecule has 0 radical (unpaired) electrons. The Hall–Kier alpha value is -1.06. The Kier molecular flexibility index (Phi) is 5.28. The largest absolute Gasteiger partial charge is 0.351 e. The van der Waals surface area contributed by atoms with E-state index in [9.17, 15) is 9.59 Å². The smallest absolute Gasteiger partial charge is 0.225 e. The summed E-state index contributed by atoms with van der Waals surface area (Å²) in [6.07, 6.45) is 7.00. The Labute approximate surface area is 128 Å². The first-order chi connectivity index (χ1) is 9.87. The average molecular weight is 294 g/mol. The zero-order chi connectivity index (χ0) is 15.5. The van der Waals surface area contributed by atoms with Crippen LogP contribution in [-0.4, -0.2) is 35.3 Å². The third-order valence-electron chi connectivity index (χ3n) is 4.61. The number of carbonyl (C=O) groups excluding carboxylic acids is 2. The van der Waals surface area contributed by atoms with E-state index < -0.39 is 0 Å². The quantitative estimate of drug-likeness (QED) is 0.851. The van der Waals surface area contributed by atoms with Crippen LogP contribution in [0.15, 0.2) is 0 Å². The molecule has 1 N–H and O–H groups in total. The normalized spacial score (nSPS) is 27.3. The van der Waals surface area contributed by atoms with E-state index in [1.807, 2.05) is 25.7 Å². The molecule has 0 aromatic carbocycles. The van der Waals surface area contributed by atoms with E-state index >= 15 is 0 Å². The summed E-state index contributed by atoms with van der Waals surface area (Å²) < 4.78 is 0. The number of hydrogen-bond acceptors (Lipinski definition) is 2. The molecular weight excluding hydrogens is 264 g/mol. The van der Waals surface area contributed by atoms with Crippen molar-refractivity contribution in [1.82, 2.24) is 10.2 Å². The molecule has 0 aromatic heterocycles. The van der Waals surface area contributed by atoms with Crippen LogP contribution in [0.2, 0.25) is 0 Å². The molecule has 1 saturated carbocycles. The van der Waals surface area contributed by atoms with Crippen LogP contribution in [0.1, 0.15) is 65.7 Å². The SMILES string of the molecule is CC(C)(C)NC(=O)C1CCC(C(=O)N2CCCCC2)CC1. The van der Waals surface area contributed by atoms with Crippen LogP contribution in [0.3, 0.4) is 0 Å². The highest BCUT2D eigenvalue weighted by Gasteiger charge is 2.33. The maximum Gasteiger partial charge on any atom is 0.225 e. The zero-order valence-corrected chi connectivity index (χ0v) is 13.8. The van der Waals surface area contributed by atoms with Crippen LogP contribution in [-0.2, 0) is 9.59 Å². The number of amides is 2. The molecule has 4 heteroatoms. The van der Waals surface area contributed by atoms with Gasteiger partial charge in [0.2, 0.25) is 11.8 Å². The fraction of sp³-hybridized carbons (Fsp3) is 0.882. The molecule has 120 valence electrons. The molecule has 2 fully saturated rings. The molecule has 2 amide bonds.